The fourth-order valence-corrected chi connectivity index (χ4v) is 4.03. The lowest BCUT2D eigenvalue weighted by atomic mass is 10.2. The van der Waals surface area contributed by atoms with Crippen molar-refractivity contribution in [1.29, 1.82) is 0 Å². The molecule has 0 saturated carbocycles. The summed E-state index contributed by atoms with van der Waals surface area (Å²) < 4.78 is 76.0. The maximum atomic E-state index is 12.6. The summed E-state index contributed by atoms with van der Waals surface area (Å²) in [7, 11) is -0.582. The summed E-state index contributed by atoms with van der Waals surface area (Å²) in [6.45, 7) is 0.929. The third-order valence-corrected chi connectivity index (χ3v) is 6.53. The Hall–Kier alpha value is -2.15. The van der Waals surface area contributed by atoms with Crippen molar-refractivity contribution in [3.8, 4) is 5.75 Å². The summed E-state index contributed by atoms with van der Waals surface area (Å²) in [5.74, 6) is 0.336. The van der Waals surface area contributed by atoms with Crippen molar-refractivity contribution in [2.75, 3.05) is 40.4 Å². The summed E-state index contributed by atoms with van der Waals surface area (Å²) in [5, 5.41) is 7.06. The number of halogens is 3. The van der Waals surface area contributed by atoms with Crippen LogP contribution in [0.15, 0.2) is 30.3 Å². The highest BCUT2D eigenvalue weighted by Crippen LogP contribution is 2.30. The van der Waals surface area contributed by atoms with Gasteiger partial charge in [-0.2, -0.15) is 35.3 Å². The summed E-state index contributed by atoms with van der Waals surface area (Å²) in [5.41, 5.74) is 0.595. The minimum absolute atomic E-state index is 0.160. The van der Waals surface area contributed by atoms with Gasteiger partial charge < -0.3 is 9.47 Å². The Morgan fingerprint density at radius 3 is 2.63 bits per heavy atom. The van der Waals surface area contributed by atoms with Gasteiger partial charge in [0.25, 0.3) is 10.2 Å². The van der Waals surface area contributed by atoms with E-state index >= 15 is 0 Å². The molecule has 1 aromatic heterocycles. The third kappa shape index (κ3) is 5.31. The Morgan fingerprint density at radius 2 is 2.00 bits per heavy atom. The molecular formula is C18H23F3N4O4S. The number of rotatable bonds is 7. The summed E-state index contributed by atoms with van der Waals surface area (Å²) in [6.07, 6.45) is -4.43. The van der Waals surface area contributed by atoms with Gasteiger partial charge in [0.1, 0.15) is 11.9 Å². The van der Waals surface area contributed by atoms with Gasteiger partial charge in [-0.25, -0.2) is 0 Å². The Kier molecular flexibility index (Phi) is 6.70. The van der Waals surface area contributed by atoms with Crippen LogP contribution in [0.2, 0.25) is 0 Å². The van der Waals surface area contributed by atoms with E-state index in [4.69, 9.17) is 9.47 Å². The van der Waals surface area contributed by atoms with E-state index in [0.717, 1.165) is 22.1 Å². The van der Waals surface area contributed by atoms with Crippen molar-refractivity contribution in [3.05, 3.63) is 47.3 Å². The molecule has 1 saturated heterocycles. The quantitative estimate of drug-likeness (QED) is 0.702. The number of H-pyrrole nitrogens is 1. The number of alkyl halides is 3. The van der Waals surface area contributed by atoms with Crippen molar-refractivity contribution in [3.63, 3.8) is 0 Å². The average molecular weight is 448 g/mol. The molecule has 1 aliphatic heterocycles. The minimum atomic E-state index is -4.38. The molecule has 1 fully saturated rings. The lowest BCUT2D eigenvalue weighted by Gasteiger charge is -2.32. The van der Waals surface area contributed by atoms with Gasteiger partial charge in [0.2, 0.25) is 0 Å². The second-order valence-corrected chi connectivity index (χ2v) is 9.09. The molecule has 1 aliphatic rings. The van der Waals surface area contributed by atoms with Crippen molar-refractivity contribution in [1.82, 2.24) is 18.8 Å². The van der Waals surface area contributed by atoms with E-state index in [-0.39, 0.29) is 26.3 Å². The number of benzene rings is 1. The zero-order valence-corrected chi connectivity index (χ0v) is 17.3. The van der Waals surface area contributed by atoms with Crippen molar-refractivity contribution >= 4 is 10.2 Å². The van der Waals surface area contributed by atoms with Gasteiger partial charge >= 0.3 is 6.18 Å². The largest absolute Gasteiger partial charge is 0.493 e. The molecule has 0 unspecified atom stereocenters. The smallest absolute Gasteiger partial charge is 0.416 e. The highest BCUT2D eigenvalue weighted by molar-refractivity contribution is 7.86. The fourth-order valence-electron chi connectivity index (χ4n) is 2.94. The zero-order valence-electron chi connectivity index (χ0n) is 16.5. The van der Waals surface area contributed by atoms with Crippen LogP contribution in [0.25, 0.3) is 0 Å². The molecular weight excluding hydrogens is 425 g/mol. The van der Waals surface area contributed by atoms with Crippen LogP contribution in [0.3, 0.4) is 0 Å². The second-order valence-electron chi connectivity index (χ2n) is 6.95. The number of hydrogen-bond donors (Lipinski definition) is 1. The van der Waals surface area contributed by atoms with Crippen LogP contribution in [0.1, 0.15) is 23.1 Å². The highest BCUT2D eigenvalue weighted by atomic mass is 32.2. The number of nitrogens with zero attached hydrogens (tertiary/aromatic N) is 3. The predicted octanol–water partition coefficient (Wildman–Crippen LogP) is 2.23. The molecule has 1 aromatic carbocycles. The average Bonchev–Trinajstić information content (AvgIpc) is 3.17. The molecule has 2 heterocycles. The van der Waals surface area contributed by atoms with E-state index < -0.39 is 28.1 Å². The second kappa shape index (κ2) is 8.92. The van der Waals surface area contributed by atoms with Crippen molar-refractivity contribution < 1.29 is 31.1 Å². The highest BCUT2D eigenvalue weighted by Gasteiger charge is 2.33. The summed E-state index contributed by atoms with van der Waals surface area (Å²) in [6, 6.07) is 6.26. The minimum Gasteiger partial charge on any atom is -0.493 e. The standard InChI is InChI=1S/C18H23F3N4O4S/c1-24(2)30(26,27)25-8-10-29-17(12-25)16-11-14(22-23-16)7-9-28-15-5-3-13(4-6-15)18(19,20)21/h3-6,11,17H,7-10,12H2,1-2H3,(H,22,23)/t17-/m1/s1. The molecule has 8 nitrogen and oxygen atoms in total. The van der Waals surface area contributed by atoms with Gasteiger partial charge in [0.15, 0.2) is 0 Å². The molecule has 30 heavy (non-hydrogen) atoms. The number of ether oxygens (including phenoxy) is 2. The lowest BCUT2D eigenvalue weighted by Crippen LogP contribution is -2.47. The lowest BCUT2D eigenvalue weighted by molar-refractivity contribution is -0.137. The Labute approximate surface area is 172 Å². The first kappa shape index (κ1) is 22.5. The Balaban J connectivity index is 1.54. The monoisotopic (exact) mass is 448 g/mol. The summed E-state index contributed by atoms with van der Waals surface area (Å²) in [4.78, 5) is 0. The molecule has 0 bridgehead atoms. The zero-order chi connectivity index (χ0) is 21.9. The van der Waals surface area contributed by atoms with E-state index in [1.54, 1.807) is 6.07 Å². The molecule has 0 aliphatic carbocycles. The van der Waals surface area contributed by atoms with Crippen LogP contribution in [0.5, 0.6) is 5.75 Å². The van der Waals surface area contributed by atoms with Crippen molar-refractivity contribution in [2.24, 2.45) is 0 Å². The first-order valence-corrected chi connectivity index (χ1v) is 10.6. The molecule has 0 spiro atoms. The normalized spacial score (nSPS) is 18.7. The molecule has 0 amide bonds. The number of aromatic nitrogens is 2. The molecule has 3 rings (SSSR count). The predicted molar refractivity (Wildman–Crippen MR) is 102 cm³/mol. The van der Waals surface area contributed by atoms with E-state index in [1.807, 2.05) is 0 Å². The number of hydrogen-bond acceptors (Lipinski definition) is 5. The van der Waals surface area contributed by atoms with Crippen LogP contribution in [0, 0.1) is 0 Å². The first-order valence-electron chi connectivity index (χ1n) is 9.21. The van der Waals surface area contributed by atoms with Gasteiger partial charge in [0.05, 0.1) is 24.5 Å². The molecule has 0 radical (unpaired) electrons. The van der Waals surface area contributed by atoms with Gasteiger partial charge in [-0.3, -0.25) is 5.10 Å². The van der Waals surface area contributed by atoms with Crippen molar-refractivity contribution in [2.45, 2.75) is 18.7 Å². The van der Waals surface area contributed by atoms with Gasteiger partial charge in [-0.05, 0) is 30.3 Å². The first-order chi connectivity index (χ1) is 14.1. The van der Waals surface area contributed by atoms with E-state index in [0.29, 0.717) is 17.9 Å². The Morgan fingerprint density at radius 1 is 1.30 bits per heavy atom. The summed E-state index contributed by atoms with van der Waals surface area (Å²) >= 11 is 0. The molecule has 166 valence electrons. The van der Waals surface area contributed by atoms with E-state index in [1.165, 1.54) is 30.5 Å². The van der Waals surface area contributed by atoms with Crippen LogP contribution in [-0.2, 0) is 27.5 Å². The maximum absolute atomic E-state index is 12.6. The number of morpholine rings is 1. The van der Waals surface area contributed by atoms with E-state index in [2.05, 4.69) is 10.2 Å². The fraction of sp³-hybridized carbons (Fsp3) is 0.500. The molecule has 12 heteroatoms. The van der Waals surface area contributed by atoms with Crippen LogP contribution >= 0.6 is 0 Å². The van der Waals surface area contributed by atoms with Gasteiger partial charge in [-0.1, -0.05) is 0 Å². The van der Waals surface area contributed by atoms with Crippen LogP contribution in [-0.4, -0.2) is 67.6 Å². The number of aromatic amines is 1. The Bertz CT molecular complexity index is 945. The maximum Gasteiger partial charge on any atom is 0.416 e. The van der Waals surface area contributed by atoms with Crippen LogP contribution < -0.4 is 4.74 Å². The SMILES string of the molecule is CN(C)S(=O)(=O)N1CCO[C@@H](c2cc(CCOc3ccc(C(F)(F)F)cc3)[nH]n2)C1. The molecule has 2 aromatic rings. The van der Waals surface area contributed by atoms with Crippen LogP contribution in [0.4, 0.5) is 13.2 Å². The van der Waals surface area contributed by atoms with Gasteiger partial charge in [0, 0.05) is 39.3 Å². The molecule has 1 atom stereocenters. The van der Waals surface area contributed by atoms with Gasteiger partial charge in [-0.15, -0.1) is 0 Å². The molecule has 1 N–H and O–H groups in total. The third-order valence-electron chi connectivity index (χ3n) is 4.62. The van der Waals surface area contributed by atoms with E-state index in [9.17, 15) is 21.6 Å². The topological polar surface area (TPSA) is 87.8 Å². The number of nitrogens with one attached hydrogen (secondary N) is 1.